The minimum Gasteiger partial charge on any atom is -0.313 e. The molecule has 0 aliphatic rings. The molecule has 1 heteroatoms. The van der Waals surface area contributed by atoms with Gasteiger partial charge in [-0.2, -0.15) is 0 Å². The van der Waals surface area contributed by atoms with Gasteiger partial charge in [0, 0.05) is 6.04 Å². The number of hydrogen-bond donors (Lipinski definition) is 1. The topological polar surface area (TPSA) is 12.0 Å². The Labute approximate surface area is 76.6 Å². The summed E-state index contributed by atoms with van der Waals surface area (Å²) in [4.78, 5) is 0. The molecule has 0 radical (unpaired) electrons. The summed E-state index contributed by atoms with van der Waals surface area (Å²) in [5.41, 5.74) is 2.76. The van der Waals surface area contributed by atoms with Crippen molar-refractivity contribution >= 4 is 0 Å². The Morgan fingerprint density at radius 2 is 1.75 bits per heavy atom. The van der Waals surface area contributed by atoms with E-state index in [0.717, 1.165) is 6.42 Å². The molecule has 0 aromatic heterocycles. The summed E-state index contributed by atoms with van der Waals surface area (Å²) in [6.07, 6.45) is 5.62. The number of hydrogen-bond acceptors (Lipinski definition) is 1. The van der Waals surface area contributed by atoms with Crippen LogP contribution >= 0.6 is 0 Å². The fourth-order valence-electron chi connectivity index (χ4n) is 1.03. The van der Waals surface area contributed by atoms with E-state index in [0.29, 0.717) is 6.04 Å². The summed E-state index contributed by atoms with van der Waals surface area (Å²) in [7, 11) is 2.00. The predicted octanol–water partition coefficient (Wildman–Crippen LogP) is 2.90. The van der Waals surface area contributed by atoms with Crippen molar-refractivity contribution in [1.29, 1.82) is 0 Å². The Morgan fingerprint density at radius 3 is 2.08 bits per heavy atom. The average molecular weight is 167 g/mol. The number of allylic oxidation sites excluding steroid dienone is 2. The van der Waals surface area contributed by atoms with Crippen LogP contribution in [-0.4, -0.2) is 13.1 Å². The van der Waals surface area contributed by atoms with Crippen LogP contribution in [0.3, 0.4) is 0 Å². The molecule has 0 heterocycles. The van der Waals surface area contributed by atoms with Gasteiger partial charge in [-0.3, -0.25) is 0 Å². The SMILES string of the molecule is CNC(C=C(C)C)CC=C(C)C. The summed E-state index contributed by atoms with van der Waals surface area (Å²) in [5, 5.41) is 3.27. The lowest BCUT2D eigenvalue weighted by molar-refractivity contribution is 0.671. The first-order valence-electron chi connectivity index (χ1n) is 4.52. The highest BCUT2D eigenvalue weighted by Crippen LogP contribution is 2.02. The third kappa shape index (κ3) is 6.17. The molecule has 0 bridgehead atoms. The van der Waals surface area contributed by atoms with Gasteiger partial charge in [0.05, 0.1) is 0 Å². The van der Waals surface area contributed by atoms with Gasteiger partial charge in [0.25, 0.3) is 0 Å². The van der Waals surface area contributed by atoms with Crippen LogP contribution in [0.2, 0.25) is 0 Å². The lowest BCUT2D eigenvalue weighted by Gasteiger charge is -2.09. The van der Waals surface area contributed by atoms with Crippen LogP contribution in [0.15, 0.2) is 23.3 Å². The van der Waals surface area contributed by atoms with Crippen LogP contribution in [0.1, 0.15) is 34.1 Å². The minimum atomic E-state index is 0.491. The standard InChI is InChI=1S/C11H21N/c1-9(2)6-7-11(12-5)8-10(3)4/h6,8,11-12H,7H2,1-5H3. The summed E-state index contributed by atoms with van der Waals surface area (Å²) >= 11 is 0. The first kappa shape index (κ1) is 11.4. The molecule has 0 rings (SSSR count). The fourth-order valence-corrected chi connectivity index (χ4v) is 1.03. The molecule has 0 spiro atoms. The zero-order valence-corrected chi connectivity index (χ0v) is 8.94. The smallest absolute Gasteiger partial charge is 0.0284 e. The van der Waals surface area contributed by atoms with Gasteiger partial charge in [0.15, 0.2) is 0 Å². The van der Waals surface area contributed by atoms with Gasteiger partial charge in [-0.05, 0) is 41.2 Å². The van der Waals surface area contributed by atoms with Gasteiger partial charge >= 0.3 is 0 Å². The van der Waals surface area contributed by atoms with Gasteiger partial charge in [-0.25, -0.2) is 0 Å². The highest BCUT2D eigenvalue weighted by molar-refractivity contribution is 5.05. The minimum absolute atomic E-state index is 0.491. The van der Waals surface area contributed by atoms with Crippen molar-refractivity contribution in [3.8, 4) is 0 Å². The average Bonchev–Trinajstić information content (AvgIpc) is 1.97. The second-order valence-corrected chi connectivity index (χ2v) is 3.66. The van der Waals surface area contributed by atoms with Crippen LogP contribution in [-0.2, 0) is 0 Å². The second-order valence-electron chi connectivity index (χ2n) is 3.66. The fraction of sp³-hybridized carbons (Fsp3) is 0.636. The third-order valence-electron chi connectivity index (χ3n) is 1.69. The lowest BCUT2D eigenvalue weighted by Crippen LogP contribution is -2.22. The van der Waals surface area contributed by atoms with Gasteiger partial charge in [0.1, 0.15) is 0 Å². The highest BCUT2D eigenvalue weighted by atomic mass is 14.9. The summed E-state index contributed by atoms with van der Waals surface area (Å²) < 4.78 is 0. The maximum atomic E-state index is 3.27. The molecule has 0 saturated heterocycles. The second kappa shape index (κ2) is 6.01. The van der Waals surface area contributed by atoms with E-state index in [1.807, 2.05) is 7.05 Å². The Hall–Kier alpha value is -0.560. The molecular formula is C11H21N. The van der Waals surface area contributed by atoms with Gasteiger partial charge in [0.2, 0.25) is 0 Å². The monoisotopic (exact) mass is 167 g/mol. The molecule has 0 aliphatic heterocycles. The van der Waals surface area contributed by atoms with Gasteiger partial charge < -0.3 is 5.32 Å². The first-order valence-corrected chi connectivity index (χ1v) is 4.52. The maximum absolute atomic E-state index is 3.27. The van der Waals surface area contributed by atoms with Crippen LogP contribution in [0.4, 0.5) is 0 Å². The molecule has 0 amide bonds. The number of likely N-dealkylation sites (N-methyl/N-ethyl adjacent to an activating group) is 1. The van der Waals surface area contributed by atoms with Crippen molar-refractivity contribution in [1.82, 2.24) is 5.32 Å². The van der Waals surface area contributed by atoms with E-state index in [-0.39, 0.29) is 0 Å². The van der Waals surface area contributed by atoms with E-state index in [2.05, 4.69) is 45.2 Å². The van der Waals surface area contributed by atoms with Crippen molar-refractivity contribution in [3.63, 3.8) is 0 Å². The molecule has 0 saturated carbocycles. The Kier molecular flexibility index (Phi) is 5.73. The molecule has 0 aromatic carbocycles. The van der Waals surface area contributed by atoms with Crippen molar-refractivity contribution in [3.05, 3.63) is 23.3 Å². The molecular weight excluding hydrogens is 146 g/mol. The van der Waals surface area contributed by atoms with Crippen LogP contribution in [0, 0.1) is 0 Å². The number of rotatable bonds is 4. The Morgan fingerprint density at radius 1 is 1.17 bits per heavy atom. The van der Waals surface area contributed by atoms with Crippen molar-refractivity contribution in [2.75, 3.05) is 7.05 Å². The molecule has 0 fully saturated rings. The van der Waals surface area contributed by atoms with Crippen LogP contribution < -0.4 is 5.32 Å². The van der Waals surface area contributed by atoms with Gasteiger partial charge in [-0.15, -0.1) is 0 Å². The highest BCUT2D eigenvalue weighted by Gasteiger charge is 1.98. The van der Waals surface area contributed by atoms with Crippen molar-refractivity contribution < 1.29 is 0 Å². The maximum Gasteiger partial charge on any atom is 0.0284 e. The predicted molar refractivity (Wildman–Crippen MR) is 56.3 cm³/mol. The molecule has 1 nitrogen and oxygen atoms in total. The Balaban J connectivity index is 4.01. The molecule has 1 N–H and O–H groups in total. The molecule has 1 atom stereocenters. The van der Waals surface area contributed by atoms with E-state index in [1.54, 1.807) is 0 Å². The van der Waals surface area contributed by atoms with E-state index in [4.69, 9.17) is 0 Å². The summed E-state index contributed by atoms with van der Waals surface area (Å²) in [6, 6.07) is 0.491. The number of nitrogens with one attached hydrogen (secondary N) is 1. The molecule has 0 aromatic rings. The van der Waals surface area contributed by atoms with E-state index < -0.39 is 0 Å². The van der Waals surface area contributed by atoms with E-state index in [9.17, 15) is 0 Å². The normalized spacial score (nSPS) is 12.1. The Bertz CT molecular complexity index is 169. The summed E-state index contributed by atoms with van der Waals surface area (Å²) in [5.74, 6) is 0. The van der Waals surface area contributed by atoms with Gasteiger partial charge in [-0.1, -0.05) is 23.3 Å². The molecule has 1 unspecified atom stereocenters. The van der Waals surface area contributed by atoms with Crippen molar-refractivity contribution in [2.24, 2.45) is 0 Å². The van der Waals surface area contributed by atoms with E-state index in [1.165, 1.54) is 11.1 Å². The zero-order valence-electron chi connectivity index (χ0n) is 8.94. The van der Waals surface area contributed by atoms with E-state index >= 15 is 0 Å². The molecule has 12 heavy (non-hydrogen) atoms. The largest absolute Gasteiger partial charge is 0.313 e. The zero-order chi connectivity index (χ0) is 9.56. The van der Waals surface area contributed by atoms with Crippen LogP contribution in [0.25, 0.3) is 0 Å². The van der Waals surface area contributed by atoms with Crippen molar-refractivity contribution in [2.45, 2.75) is 40.2 Å². The summed E-state index contributed by atoms with van der Waals surface area (Å²) in [6.45, 7) is 8.53. The first-order chi connectivity index (χ1) is 5.56. The molecule has 70 valence electrons. The lowest BCUT2D eigenvalue weighted by atomic mass is 10.1. The molecule has 0 aliphatic carbocycles. The van der Waals surface area contributed by atoms with Crippen LogP contribution in [0.5, 0.6) is 0 Å². The quantitative estimate of drug-likeness (QED) is 0.635. The third-order valence-corrected chi connectivity index (χ3v) is 1.69.